The van der Waals surface area contributed by atoms with E-state index >= 15 is 0 Å². The van der Waals surface area contributed by atoms with E-state index in [1.165, 1.54) is 0 Å². The van der Waals surface area contributed by atoms with Gasteiger partial charge in [-0.25, -0.2) is 0 Å². The third-order valence-corrected chi connectivity index (χ3v) is 4.55. The van der Waals surface area contributed by atoms with Gasteiger partial charge in [0, 0.05) is 23.5 Å². The predicted molar refractivity (Wildman–Crippen MR) is 101 cm³/mol. The molecule has 0 aliphatic heterocycles. The maximum absolute atomic E-state index is 12.2. The van der Waals surface area contributed by atoms with Gasteiger partial charge >= 0.3 is 0 Å². The number of nitrogens with one attached hydrogen (secondary N) is 1. The second-order valence-electron chi connectivity index (χ2n) is 6.02. The van der Waals surface area contributed by atoms with Crippen molar-refractivity contribution in [2.45, 2.75) is 31.3 Å². The van der Waals surface area contributed by atoms with Gasteiger partial charge in [0.25, 0.3) is 0 Å². The molecular weight excluding hydrogens is 357 g/mol. The van der Waals surface area contributed by atoms with E-state index in [-0.39, 0.29) is 48.7 Å². The minimum absolute atomic E-state index is 0. The molecule has 1 aliphatic rings. The van der Waals surface area contributed by atoms with Crippen LogP contribution in [-0.2, 0) is 4.79 Å². The Morgan fingerprint density at radius 3 is 2.52 bits per heavy atom. The Morgan fingerprint density at radius 2 is 2.00 bits per heavy atom. The van der Waals surface area contributed by atoms with E-state index in [2.05, 4.69) is 10.2 Å². The number of halogens is 3. The van der Waals surface area contributed by atoms with E-state index in [0.717, 1.165) is 29.8 Å². The van der Waals surface area contributed by atoms with E-state index in [1.807, 2.05) is 38.4 Å². The lowest BCUT2D eigenvalue weighted by Crippen LogP contribution is -2.37. The standard InChI is InChI=1S/C16H24ClN3O.2ClH/c1-20(2)15(13-5-3-4-6-14(13)17)10-19-16(21)11-7-8-12(18)9-11;;/h3-6,11-12,15H,7-10,18H2,1-2H3,(H,19,21);2*1H. The summed E-state index contributed by atoms with van der Waals surface area (Å²) in [6.45, 7) is 0.557. The zero-order valence-corrected chi connectivity index (χ0v) is 15.9. The number of hydrogen-bond acceptors (Lipinski definition) is 3. The Labute approximate surface area is 155 Å². The summed E-state index contributed by atoms with van der Waals surface area (Å²) in [7, 11) is 3.98. The van der Waals surface area contributed by atoms with Gasteiger partial charge in [-0.1, -0.05) is 29.8 Å². The summed E-state index contributed by atoms with van der Waals surface area (Å²) in [6, 6.07) is 8.01. The van der Waals surface area contributed by atoms with Crippen LogP contribution in [0, 0.1) is 5.92 Å². The fraction of sp³-hybridized carbons (Fsp3) is 0.562. The van der Waals surface area contributed by atoms with Crippen LogP contribution >= 0.6 is 36.4 Å². The molecule has 7 heteroatoms. The summed E-state index contributed by atoms with van der Waals surface area (Å²) in [4.78, 5) is 14.3. The number of rotatable bonds is 5. The van der Waals surface area contributed by atoms with Gasteiger partial charge in [0.1, 0.15) is 0 Å². The van der Waals surface area contributed by atoms with Gasteiger partial charge in [-0.2, -0.15) is 0 Å². The van der Waals surface area contributed by atoms with Gasteiger partial charge in [0.15, 0.2) is 0 Å². The highest BCUT2D eigenvalue weighted by Gasteiger charge is 2.28. The van der Waals surface area contributed by atoms with E-state index in [1.54, 1.807) is 0 Å². The Kier molecular flexibility index (Phi) is 10.1. The SMILES string of the molecule is CN(C)C(CNC(=O)C1CCC(N)C1)c1ccccc1Cl.Cl.Cl. The van der Waals surface area contributed by atoms with Crippen LogP contribution in [0.3, 0.4) is 0 Å². The topological polar surface area (TPSA) is 58.4 Å². The molecule has 1 aromatic rings. The molecule has 4 nitrogen and oxygen atoms in total. The van der Waals surface area contributed by atoms with Crippen LogP contribution in [0.25, 0.3) is 0 Å². The Hall–Kier alpha value is -0.520. The molecule has 132 valence electrons. The lowest BCUT2D eigenvalue weighted by atomic mass is 10.0. The van der Waals surface area contributed by atoms with Crippen LogP contribution in [0.2, 0.25) is 5.02 Å². The van der Waals surface area contributed by atoms with Crippen LogP contribution in [-0.4, -0.2) is 37.5 Å². The van der Waals surface area contributed by atoms with E-state index in [4.69, 9.17) is 17.3 Å². The molecule has 0 radical (unpaired) electrons. The summed E-state index contributed by atoms with van der Waals surface area (Å²) >= 11 is 6.27. The monoisotopic (exact) mass is 381 g/mol. The second kappa shape index (κ2) is 10.4. The molecule has 1 saturated carbocycles. The molecule has 2 rings (SSSR count). The largest absolute Gasteiger partial charge is 0.354 e. The number of amides is 1. The lowest BCUT2D eigenvalue weighted by Gasteiger charge is -2.26. The normalized spacial score (nSPS) is 21.3. The van der Waals surface area contributed by atoms with Crippen molar-refractivity contribution in [3.8, 4) is 0 Å². The summed E-state index contributed by atoms with van der Waals surface area (Å²) in [5.74, 6) is 0.177. The van der Waals surface area contributed by atoms with Crippen molar-refractivity contribution in [2.75, 3.05) is 20.6 Å². The van der Waals surface area contributed by atoms with E-state index < -0.39 is 0 Å². The second-order valence-corrected chi connectivity index (χ2v) is 6.42. The predicted octanol–water partition coefficient (Wildman–Crippen LogP) is 3.03. The van der Waals surface area contributed by atoms with Crippen LogP contribution in [0.1, 0.15) is 30.9 Å². The molecule has 23 heavy (non-hydrogen) atoms. The first-order valence-electron chi connectivity index (χ1n) is 7.43. The molecule has 0 heterocycles. The lowest BCUT2D eigenvalue weighted by molar-refractivity contribution is -0.125. The van der Waals surface area contributed by atoms with Crippen LogP contribution in [0.4, 0.5) is 0 Å². The average molecular weight is 383 g/mol. The van der Waals surface area contributed by atoms with Crippen molar-refractivity contribution in [1.29, 1.82) is 0 Å². The number of nitrogens with zero attached hydrogens (tertiary/aromatic N) is 1. The summed E-state index contributed by atoms with van der Waals surface area (Å²) in [6.07, 6.45) is 2.63. The number of carbonyl (C=O) groups excluding carboxylic acids is 1. The Bertz CT molecular complexity index is 499. The zero-order chi connectivity index (χ0) is 15.4. The van der Waals surface area contributed by atoms with Crippen molar-refractivity contribution in [1.82, 2.24) is 10.2 Å². The fourth-order valence-electron chi connectivity index (χ4n) is 2.91. The van der Waals surface area contributed by atoms with Crippen LogP contribution in [0.5, 0.6) is 0 Å². The van der Waals surface area contributed by atoms with E-state index in [9.17, 15) is 4.79 Å². The highest BCUT2D eigenvalue weighted by atomic mass is 35.5. The molecule has 1 aliphatic carbocycles. The number of hydrogen-bond donors (Lipinski definition) is 2. The number of likely N-dealkylation sites (N-methyl/N-ethyl adjacent to an activating group) is 1. The van der Waals surface area contributed by atoms with Gasteiger partial charge in [0.05, 0.1) is 6.04 Å². The average Bonchev–Trinajstić information content (AvgIpc) is 2.87. The highest BCUT2D eigenvalue weighted by molar-refractivity contribution is 6.31. The minimum atomic E-state index is 0. The molecule has 1 fully saturated rings. The molecular formula is C16H26Cl3N3O. The summed E-state index contributed by atoms with van der Waals surface area (Å²) < 4.78 is 0. The molecule has 0 aromatic heterocycles. The maximum atomic E-state index is 12.2. The van der Waals surface area contributed by atoms with Gasteiger partial charge in [-0.05, 0) is 45.0 Å². The highest BCUT2D eigenvalue weighted by Crippen LogP contribution is 2.27. The molecule has 0 spiro atoms. The van der Waals surface area contributed by atoms with Crippen LogP contribution in [0.15, 0.2) is 24.3 Å². The first-order chi connectivity index (χ1) is 9.99. The summed E-state index contributed by atoms with van der Waals surface area (Å²) in [5.41, 5.74) is 6.91. The number of nitrogens with two attached hydrogens (primary N) is 1. The first kappa shape index (κ1) is 22.5. The first-order valence-corrected chi connectivity index (χ1v) is 7.81. The van der Waals surface area contributed by atoms with Crippen molar-refractivity contribution in [3.05, 3.63) is 34.9 Å². The molecule has 1 amide bonds. The Morgan fingerprint density at radius 1 is 1.35 bits per heavy atom. The minimum Gasteiger partial charge on any atom is -0.354 e. The molecule has 3 unspecified atom stereocenters. The zero-order valence-electron chi connectivity index (χ0n) is 13.5. The van der Waals surface area contributed by atoms with Gasteiger partial charge in [-0.3, -0.25) is 4.79 Å². The van der Waals surface area contributed by atoms with E-state index in [0.29, 0.717) is 6.54 Å². The smallest absolute Gasteiger partial charge is 0.223 e. The molecule has 0 saturated heterocycles. The van der Waals surface area contributed by atoms with Crippen molar-refractivity contribution >= 4 is 42.3 Å². The van der Waals surface area contributed by atoms with Gasteiger partial charge < -0.3 is 16.0 Å². The fourth-order valence-corrected chi connectivity index (χ4v) is 3.17. The molecule has 1 aromatic carbocycles. The molecule has 3 atom stereocenters. The quantitative estimate of drug-likeness (QED) is 0.823. The van der Waals surface area contributed by atoms with Crippen molar-refractivity contribution in [3.63, 3.8) is 0 Å². The Balaban J connectivity index is 0.00000242. The third-order valence-electron chi connectivity index (χ3n) is 4.20. The maximum Gasteiger partial charge on any atom is 0.223 e. The molecule has 0 bridgehead atoms. The van der Waals surface area contributed by atoms with Crippen molar-refractivity contribution in [2.24, 2.45) is 11.7 Å². The van der Waals surface area contributed by atoms with Gasteiger partial charge in [0.2, 0.25) is 5.91 Å². The van der Waals surface area contributed by atoms with Crippen LogP contribution < -0.4 is 11.1 Å². The number of benzene rings is 1. The van der Waals surface area contributed by atoms with Gasteiger partial charge in [-0.15, -0.1) is 24.8 Å². The molecule has 3 N–H and O–H groups in total. The number of carbonyl (C=O) groups is 1. The van der Waals surface area contributed by atoms with Crippen molar-refractivity contribution < 1.29 is 4.79 Å². The third kappa shape index (κ3) is 6.12. The summed E-state index contributed by atoms with van der Waals surface area (Å²) in [5, 5.41) is 3.79.